The van der Waals surface area contributed by atoms with Crippen molar-refractivity contribution in [2.75, 3.05) is 0 Å². The van der Waals surface area contributed by atoms with Crippen LogP contribution in [0.25, 0.3) is 0 Å². The fourth-order valence-electron chi connectivity index (χ4n) is 11.3. The normalized spacial score (nSPS) is 53.0. The van der Waals surface area contributed by atoms with Gasteiger partial charge < -0.3 is 10.2 Å². The number of hydrogen-bond acceptors (Lipinski definition) is 2. The van der Waals surface area contributed by atoms with E-state index in [1.165, 1.54) is 44.1 Å². The molecule has 2 nitrogen and oxygen atoms in total. The first-order valence-electron chi connectivity index (χ1n) is 14.3. The molecule has 0 amide bonds. The van der Waals surface area contributed by atoms with Crippen molar-refractivity contribution in [3.05, 3.63) is 12.2 Å². The molecule has 2 N–H and O–H groups in total. The van der Waals surface area contributed by atoms with E-state index in [1.54, 1.807) is 0 Å². The first-order chi connectivity index (χ1) is 15.3. The number of aliphatic hydroxyl groups is 2. The Balaban J connectivity index is 1.42. The highest BCUT2D eigenvalue weighted by Crippen LogP contribution is 2.89. The van der Waals surface area contributed by atoms with Crippen molar-refractivity contribution < 1.29 is 10.2 Å². The van der Waals surface area contributed by atoms with Gasteiger partial charge in [-0.2, -0.15) is 0 Å². The van der Waals surface area contributed by atoms with Crippen LogP contribution in [-0.4, -0.2) is 22.4 Å². The number of allylic oxidation sites excluding steroid dienone is 1. The lowest BCUT2D eigenvalue weighted by Crippen LogP contribution is -2.57. The quantitative estimate of drug-likeness (QED) is 0.423. The second kappa shape index (κ2) is 7.34. The minimum absolute atomic E-state index is 0.0550. The van der Waals surface area contributed by atoms with Crippen LogP contribution in [0, 0.1) is 56.7 Å². The van der Waals surface area contributed by atoms with Gasteiger partial charge in [-0.25, -0.2) is 0 Å². The Morgan fingerprint density at radius 1 is 0.879 bits per heavy atom. The van der Waals surface area contributed by atoms with Crippen molar-refractivity contribution in [2.24, 2.45) is 56.7 Å². The van der Waals surface area contributed by atoms with Gasteiger partial charge in [0.15, 0.2) is 0 Å². The third kappa shape index (κ3) is 2.92. The Bertz CT molecular complexity index is 814. The van der Waals surface area contributed by atoms with Gasteiger partial charge in [-0.3, -0.25) is 0 Å². The fourth-order valence-corrected chi connectivity index (χ4v) is 11.3. The van der Waals surface area contributed by atoms with E-state index in [9.17, 15) is 10.2 Å². The van der Waals surface area contributed by atoms with Gasteiger partial charge in [0.05, 0.1) is 12.2 Å². The van der Waals surface area contributed by atoms with Crippen LogP contribution in [0.5, 0.6) is 0 Å². The Morgan fingerprint density at radius 2 is 1.52 bits per heavy atom. The van der Waals surface area contributed by atoms with Crippen molar-refractivity contribution >= 4 is 0 Å². The van der Waals surface area contributed by atoms with Crippen LogP contribution in [0.4, 0.5) is 0 Å². The first-order valence-corrected chi connectivity index (χ1v) is 14.3. The zero-order chi connectivity index (χ0) is 24.2. The molecule has 0 aromatic rings. The Hall–Kier alpha value is -0.340. The van der Waals surface area contributed by atoms with Gasteiger partial charge in [-0.05, 0) is 121 Å². The Morgan fingerprint density at radius 3 is 2.18 bits per heavy atom. The summed E-state index contributed by atoms with van der Waals surface area (Å²) in [5.74, 6) is 2.95. The average Bonchev–Trinajstić information content (AvgIpc) is 3.34. The summed E-state index contributed by atoms with van der Waals surface area (Å²) in [4.78, 5) is 0. The van der Waals surface area contributed by atoms with Crippen molar-refractivity contribution in [3.8, 4) is 0 Å². The van der Waals surface area contributed by atoms with Crippen LogP contribution in [0.3, 0.4) is 0 Å². The molecule has 0 aromatic carbocycles. The van der Waals surface area contributed by atoms with Crippen LogP contribution in [0.2, 0.25) is 0 Å². The van der Waals surface area contributed by atoms with Crippen LogP contribution < -0.4 is 0 Å². The SMILES string of the molecule is C=C(CC[C@@H](C)[C@@H]1[C@@H](O)C[C@@]2(C)[C@@H]3CC[C@H]4C(C)(C)[C@@H](O)CC[C@@]45C[C@@]35CC[C@]12C)C(C)C. The zero-order valence-corrected chi connectivity index (χ0v) is 22.7. The predicted octanol–water partition coefficient (Wildman–Crippen LogP) is 7.39. The van der Waals surface area contributed by atoms with E-state index in [1.807, 2.05) is 0 Å². The third-order valence-electron chi connectivity index (χ3n) is 13.5. The number of aliphatic hydroxyl groups excluding tert-OH is 2. The standard InChI is InChI=1S/C31H52O2/c1-19(2)20(3)9-10-21(4)26-22(32)17-29(8)24-12-11-23-27(5,6)25(33)13-14-30(23)18-31(24,30)16-15-28(26,29)7/h19,21-26,32-33H,3,9-18H2,1-2,4-8H3/t21-,22+,23+,24+,25+,26-,28-,29+,30-,31+/m1/s1. The van der Waals surface area contributed by atoms with Crippen molar-refractivity contribution in [1.82, 2.24) is 0 Å². The molecular weight excluding hydrogens is 404 g/mol. The molecule has 0 unspecified atom stereocenters. The molecule has 0 radical (unpaired) electrons. The molecule has 0 heterocycles. The highest BCUT2D eigenvalue weighted by molar-refractivity contribution is 5.31. The maximum absolute atomic E-state index is 11.6. The second-order valence-corrected chi connectivity index (χ2v) is 15.0. The summed E-state index contributed by atoms with van der Waals surface area (Å²) < 4.78 is 0. The fraction of sp³-hybridized carbons (Fsp3) is 0.935. The van der Waals surface area contributed by atoms with Crippen LogP contribution in [0.1, 0.15) is 113 Å². The predicted molar refractivity (Wildman–Crippen MR) is 137 cm³/mol. The van der Waals surface area contributed by atoms with Gasteiger partial charge in [-0.1, -0.05) is 60.6 Å². The largest absolute Gasteiger partial charge is 0.393 e. The van der Waals surface area contributed by atoms with Gasteiger partial charge in [0.1, 0.15) is 0 Å². The maximum atomic E-state index is 11.6. The maximum Gasteiger partial charge on any atom is 0.0594 e. The van der Waals surface area contributed by atoms with Crippen LogP contribution in [0.15, 0.2) is 12.2 Å². The van der Waals surface area contributed by atoms with Gasteiger partial charge in [0.25, 0.3) is 0 Å². The molecule has 5 fully saturated rings. The topological polar surface area (TPSA) is 40.5 Å². The van der Waals surface area contributed by atoms with Crippen LogP contribution in [-0.2, 0) is 0 Å². The minimum Gasteiger partial charge on any atom is -0.393 e. The summed E-state index contributed by atoms with van der Waals surface area (Å²) in [5, 5.41) is 22.4. The first kappa shape index (κ1) is 24.4. The van der Waals surface area contributed by atoms with E-state index in [4.69, 9.17) is 0 Å². The lowest BCUT2D eigenvalue weighted by molar-refractivity contribution is -0.161. The molecule has 33 heavy (non-hydrogen) atoms. The molecule has 0 bridgehead atoms. The van der Waals surface area contributed by atoms with E-state index in [0.717, 1.165) is 31.6 Å². The molecule has 5 rings (SSSR count). The molecule has 0 saturated heterocycles. The lowest BCUT2D eigenvalue weighted by Gasteiger charge is -2.63. The Labute approximate surface area is 204 Å². The van der Waals surface area contributed by atoms with Crippen LogP contribution >= 0.6 is 0 Å². The third-order valence-corrected chi connectivity index (χ3v) is 13.5. The molecule has 5 aliphatic carbocycles. The molecular formula is C31H52O2. The smallest absolute Gasteiger partial charge is 0.0594 e. The Kier molecular flexibility index (Phi) is 5.42. The summed E-state index contributed by atoms with van der Waals surface area (Å²) in [6, 6.07) is 0. The number of rotatable bonds is 5. The van der Waals surface area contributed by atoms with E-state index < -0.39 is 0 Å². The van der Waals surface area contributed by atoms with Gasteiger partial charge in [-0.15, -0.1) is 0 Å². The van der Waals surface area contributed by atoms with E-state index >= 15 is 0 Å². The summed E-state index contributed by atoms with van der Waals surface area (Å²) in [7, 11) is 0. The van der Waals surface area contributed by atoms with Gasteiger partial charge in [0.2, 0.25) is 0 Å². The highest BCUT2D eigenvalue weighted by atomic mass is 16.3. The van der Waals surface area contributed by atoms with E-state index in [0.29, 0.717) is 34.5 Å². The second-order valence-electron chi connectivity index (χ2n) is 15.0. The average molecular weight is 457 g/mol. The van der Waals surface area contributed by atoms with Crippen molar-refractivity contribution in [2.45, 2.75) is 125 Å². The molecule has 188 valence electrons. The van der Waals surface area contributed by atoms with E-state index in [2.05, 4.69) is 55.0 Å². The van der Waals surface area contributed by atoms with Gasteiger partial charge in [0, 0.05) is 0 Å². The van der Waals surface area contributed by atoms with Gasteiger partial charge >= 0.3 is 0 Å². The molecule has 0 aliphatic heterocycles. The minimum atomic E-state index is -0.158. The molecule has 2 spiro atoms. The summed E-state index contributed by atoms with van der Waals surface area (Å²) >= 11 is 0. The summed E-state index contributed by atoms with van der Waals surface area (Å²) in [6.45, 7) is 21.1. The highest BCUT2D eigenvalue weighted by Gasteiger charge is 2.82. The molecule has 10 atom stereocenters. The number of fused-ring (bicyclic) bond motifs is 2. The summed E-state index contributed by atoms with van der Waals surface area (Å²) in [6.07, 6.45) is 11.9. The summed E-state index contributed by atoms with van der Waals surface area (Å²) in [5.41, 5.74) is 2.87. The molecule has 5 aliphatic rings. The van der Waals surface area contributed by atoms with Crippen molar-refractivity contribution in [3.63, 3.8) is 0 Å². The molecule has 0 aromatic heterocycles. The lowest BCUT2D eigenvalue weighted by atomic mass is 9.41. The zero-order valence-electron chi connectivity index (χ0n) is 22.7. The van der Waals surface area contributed by atoms with E-state index in [-0.39, 0.29) is 28.5 Å². The molecule has 5 saturated carbocycles. The monoisotopic (exact) mass is 456 g/mol. The van der Waals surface area contributed by atoms with Crippen molar-refractivity contribution in [1.29, 1.82) is 0 Å². The number of hydrogen-bond donors (Lipinski definition) is 2. The molecule has 2 heteroatoms.